The van der Waals surface area contributed by atoms with Gasteiger partial charge in [0.2, 0.25) is 5.91 Å². The first-order valence-corrected chi connectivity index (χ1v) is 10.7. The number of anilines is 2. The summed E-state index contributed by atoms with van der Waals surface area (Å²) in [6.07, 6.45) is 0.381. The topological polar surface area (TPSA) is 58.6 Å². The molecule has 3 aromatic rings. The fourth-order valence-corrected chi connectivity index (χ4v) is 4.12. The fourth-order valence-electron chi connectivity index (χ4n) is 3.25. The molecule has 3 aromatic carbocycles. The average Bonchev–Trinajstić information content (AvgIpc) is 2.84. The molecule has 1 N–H and O–H groups in total. The molecule has 1 aliphatic heterocycles. The van der Waals surface area contributed by atoms with Crippen LogP contribution in [0.25, 0.3) is 0 Å². The number of benzene rings is 3. The van der Waals surface area contributed by atoms with E-state index >= 15 is 0 Å². The molecule has 0 radical (unpaired) electrons. The largest absolute Gasteiger partial charge is 0.454 e. The minimum atomic E-state index is -0.176. The summed E-state index contributed by atoms with van der Waals surface area (Å²) < 4.78 is 5.99. The van der Waals surface area contributed by atoms with Crippen molar-refractivity contribution in [2.24, 2.45) is 0 Å². The van der Waals surface area contributed by atoms with Crippen LogP contribution < -0.4 is 15.0 Å². The standard InChI is InChI=1S/C24H22N2O3S/c1-16-8-10-22-20(14-16)26(2)24(28)19-15-17(9-11-21(19)29-22)25-23(27)12-13-30-18-6-4-3-5-7-18/h3-11,14-15H,12-13H2,1-2H3,(H,25,27). The molecular formula is C24H22N2O3S. The van der Waals surface area contributed by atoms with Crippen molar-refractivity contribution in [3.8, 4) is 11.5 Å². The molecule has 6 heteroatoms. The van der Waals surface area contributed by atoms with E-state index in [-0.39, 0.29) is 11.8 Å². The van der Waals surface area contributed by atoms with Crippen LogP contribution in [0.5, 0.6) is 11.5 Å². The second-order valence-corrected chi connectivity index (χ2v) is 8.28. The van der Waals surface area contributed by atoms with Gasteiger partial charge in [-0.1, -0.05) is 24.3 Å². The van der Waals surface area contributed by atoms with Crippen LogP contribution in [-0.4, -0.2) is 24.6 Å². The van der Waals surface area contributed by atoms with E-state index < -0.39 is 0 Å². The van der Waals surface area contributed by atoms with E-state index in [1.165, 1.54) is 0 Å². The summed E-state index contributed by atoms with van der Waals surface area (Å²) in [6, 6.07) is 20.9. The molecule has 0 bridgehead atoms. The summed E-state index contributed by atoms with van der Waals surface area (Å²) >= 11 is 1.64. The maximum absolute atomic E-state index is 13.0. The van der Waals surface area contributed by atoms with Crippen LogP contribution in [0.4, 0.5) is 11.4 Å². The highest BCUT2D eigenvalue weighted by Crippen LogP contribution is 2.39. The van der Waals surface area contributed by atoms with Crippen molar-refractivity contribution in [1.82, 2.24) is 0 Å². The van der Waals surface area contributed by atoms with Gasteiger partial charge in [-0.15, -0.1) is 11.8 Å². The third kappa shape index (κ3) is 4.33. The summed E-state index contributed by atoms with van der Waals surface area (Å²) in [4.78, 5) is 28.1. The van der Waals surface area contributed by atoms with Crippen LogP contribution >= 0.6 is 11.8 Å². The maximum Gasteiger partial charge on any atom is 0.261 e. The fraction of sp³-hybridized carbons (Fsp3) is 0.167. The van der Waals surface area contributed by atoms with Crippen molar-refractivity contribution in [2.75, 3.05) is 23.0 Å². The number of thioether (sulfide) groups is 1. The molecule has 4 rings (SSSR count). The van der Waals surface area contributed by atoms with Gasteiger partial charge < -0.3 is 15.0 Å². The van der Waals surface area contributed by atoms with Crippen LogP contribution in [-0.2, 0) is 4.79 Å². The first kappa shape index (κ1) is 20.0. The molecule has 1 heterocycles. The predicted octanol–water partition coefficient (Wildman–Crippen LogP) is 5.50. The van der Waals surface area contributed by atoms with Crippen LogP contribution in [0.2, 0.25) is 0 Å². The Kier molecular flexibility index (Phi) is 5.77. The number of hydrogen-bond donors (Lipinski definition) is 1. The van der Waals surface area contributed by atoms with E-state index in [0.717, 1.165) is 16.1 Å². The monoisotopic (exact) mass is 418 g/mol. The normalized spacial score (nSPS) is 12.5. The predicted molar refractivity (Wildman–Crippen MR) is 121 cm³/mol. The molecular weight excluding hydrogens is 396 g/mol. The molecule has 152 valence electrons. The van der Waals surface area contributed by atoms with Crippen LogP contribution in [0, 0.1) is 6.92 Å². The van der Waals surface area contributed by atoms with Crippen molar-refractivity contribution >= 4 is 35.0 Å². The molecule has 0 spiro atoms. The smallest absolute Gasteiger partial charge is 0.261 e. The van der Waals surface area contributed by atoms with E-state index in [9.17, 15) is 9.59 Å². The van der Waals surface area contributed by atoms with Gasteiger partial charge in [-0.3, -0.25) is 9.59 Å². The zero-order valence-electron chi connectivity index (χ0n) is 16.8. The molecule has 0 aliphatic carbocycles. The van der Waals surface area contributed by atoms with E-state index in [1.54, 1.807) is 41.9 Å². The van der Waals surface area contributed by atoms with Crippen molar-refractivity contribution in [3.05, 3.63) is 77.9 Å². The number of fused-ring (bicyclic) bond motifs is 2. The summed E-state index contributed by atoms with van der Waals surface area (Å²) in [7, 11) is 1.73. The van der Waals surface area contributed by atoms with Crippen molar-refractivity contribution in [1.29, 1.82) is 0 Å². The Morgan fingerprint density at radius 1 is 1.03 bits per heavy atom. The molecule has 30 heavy (non-hydrogen) atoms. The Morgan fingerprint density at radius 2 is 1.80 bits per heavy atom. The summed E-state index contributed by atoms with van der Waals surface area (Å²) in [5.74, 6) is 1.52. The number of carbonyl (C=O) groups is 2. The highest BCUT2D eigenvalue weighted by atomic mass is 32.2. The van der Waals surface area contributed by atoms with Crippen LogP contribution in [0.3, 0.4) is 0 Å². The molecule has 5 nitrogen and oxygen atoms in total. The minimum absolute atomic E-state index is 0.0902. The number of nitrogens with one attached hydrogen (secondary N) is 1. The quantitative estimate of drug-likeness (QED) is 0.556. The summed E-state index contributed by atoms with van der Waals surface area (Å²) in [6.45, 7) is 1.97. The molecule has 0 saturated heterocycles. The first-order chi connectivity index (χ1) is 14.5. The van der Waals surface area contributed by atoms with Crippen LogP contribution in [0.15, 0.2) is 71.6 Å². The molecule has 0 atom stereocenters. The molecule has 0 fully saturated rings. The van der Waals surface area contributed by atoms with Gasteiger partial charge in [0.1, 0.15) is 5.75 Å². The van der Waals surface area contributed by atoms with E-state index in [4.69, 9.17) is 4.74 Å². The van der Waals surface area contributed by atoms with Gasteiger partial charge in [0, 0.05) is 29.8 Å². The SMILES string of the molecule is Cc1ccc2c(c1)N(C)C(=O)c1cc(NC(=O)CCSc3ccccc3)ccc1O2. The molecule has 0 unspecified atom stereocenters. The third-order valence-corrected chi connectivity index (χ3v) is 5.85. The molecule has 1 aliphatic rings. The zero-order valence-corrected chi connectivity index (χ0v) is 17.7. The Hall–Kier alpha value is -3.25. The molecule has 2 amide bonds. The van der Waals surface area contributed by atoms with Crippen molar-refractivity contribution in [2.45, 2.75) is 18.2 Å². The van der Waals surface area contributed by atoms with Gasteiger partial charge in [0.15, 0.2) is 5.75 Å². The lowest BCUT2D eigenvalue weighted by atomic mass is 10.1. The number of hydrogen-bond acceptors (Lipinski definition) is 4. The number of amides is 2. The third-order valence-electron chi connectivity index (χ3n) is 4.84. The maximum atomic E-state index is 13.0. The number of nitrogens with zero attached hydrogens (tertiary/aromatic N) is 1. The Balaban J connectivity index is 1.46. The number of rotatable bonds is 5. The van der Waals surface area contributed by atoms with Crippen LogP contribution in [0.1, 0.15) is 22.3 Å². The highest BCUT2D eigenvalue weighted by Gasteiger charge is 2.26. The van der Waals surface area contributed by atoms with Gasteiger partial charge in [0.05, 0.1) is 11.3 Å². The van der Waals surface area contributed by atoms with Gasteiger partial charge in [-0.25, -0.2) is 0 Å². The number of aryl methyl sites for hydroxylation is 1. The van der Waals surface area contributed by atoms with E-state index in [0.29, 0.717) is 34.9 Å². The second-order valence-electron chi connectivity index (χ2n) is 7.11. The lowest BCUT2D eigenvalue weighted by molar-refractivity contribution is -0.115. The second kappa shape index (κ2) is 8.63. The van der Waals surface area contributed by atoms with Gasteiger partial charge in [-0.2, -0.15) is 0 Å². The lowest BCUT2D eigenvalue weighted by Gasteiger charge is -2.16. The van der Waals surface area contributed by atoms with Gasteiger partial charge in [-0.05, 0) is 55.0 Å². The molecule has 0 aromatic heterocycles. The van der Waals surface area contributed by atoms with E-state index in [2.05, 4.69) is 5.32 Å². The van der Waals surface area contributed by atoms with Crippen molar-refractivity contribution in [3.63, 3.8) is 0 Å². The van der Waals surface area contributed by atoms with Crippen molar-refractivity contribution < 1.29 is 14.3 Å². The number of carbonyl (C=O) groups excluding carboxylic acids is 2. The summed E-state index contributed by atoms with van der Waals surface area (Å²) in [5.41, 5.74) is 2.77. The first-order valence-electron chi connectivity index (χ1n) is 9.69. The van der Waals surface area contributed by atoms with Gasteiger partial charge >= 0.3 is 0 Å². The minimum Gasteiger partial charge on any atom is -0.454 e. The Morgan fingerprint density at radius 3 is 2.60 bits per heavy atom. The summed E-state index contributed by atoms with van der Waals surface area (Å²) in [5, 5.41) is 2.89. The zero-order chi connectivity index (χ0) is 21.1. The molecule has 0 saturated carbocycles. The van der Waals surface area contributed by atoms with E-state index in [1.807, 2.05) is 55.5 Å². The lowest BCUT2D eigenvalue weighted by Crippen LogP contribution is -2.25. The Bertz CT molecular complexity index is 1100. The van der Waals surface area contributed by atoms with Gasteiger partial charge in [0.25, 0.3) is 5.91 Å². The highest BCUT2D eigenvalue weighted by molar-refractivity contribution is 7.99. The Labute approximate surface area is 180 Å². The average molecular weight is 419 g/mol. The number of ether oxygens (including phenoxy) is 1.